The van der Waals surface area contributed by atoms with Gasteiger partial charge in [-0.05, 0) is 31.0 Å². The number of aromatic nitrogens is 1. The smallest absolute Gasteiger partial charge is 0.234 e. The van der Waals surface area contributed by atoms with Crippen LogP contribution in [-0.4, -0.2) is 75.5 Å². The number of nitrogens with zero attached hydrogens (tertiary/aromatic N) is 1. The molecule has 6 N–H and O–H groups in total. The van der Waals surface area contributed by atoms with Crippen molar-refractivity contribution in [2.45, 2.75) is 25.0 Å². The van der Waals surface area contributed by atoms with Crippen molar-refractivity contribution in [2.24, 2.45) is 5.73 Å². The lowest BCUT2D eigenvalue weighted by atomic mass is 9.98. The number of carbonyl (C=O) groups excluding carboxylic acids is 1. The highest BCUT2D eigenvalue weighted by molar-refractivity contribution is 5.80. The molecular weight excluding hydrogens is 356 g/mol. The first kappa shape index (κ1) is 20.9. The molecule has 0 saturated carbocycles. The fraction of sp³-hybridized carbons (Fsp3) is 0.600. The van der Waals surface area contributed by atoms with Crippen LogP contribution < -0.4 is 37.6 Å². The van der Waals surface area contributed by atoms with E-state index >= 15 is 0 Å². The van der Waals surface area contributed by atoms with Gasteiger partial charge in [0, 0.05) is 50.7 Å². The molecule has 1 aliphatic heterocycles. The minimum absolute atomic E-state index is 0.0218. The molecule has 1 saturated heterocycles. The van der Waals surface area contributed by atoms with E-state index in [4.69, 9.17) is 10.5 Å². The summed E-state index contributed by atoms with van der Waals surface area (Å²) in [6, 6.07) is 3.63. The summed E-state index contributed by atoms with van der Waals surface area (Å²) in [5.41, 5.74) is 6.76. The van der Waals surface area contributed by atoms with Crippen LogP contribution in [0.2, 0.25) is 0 Å². The Balaban J connectivity index is 1.77. The van der Waals surface area contributed by atoms with Crippen molar-refractivity contribution in [2.75, 3.05) is 52.4 Å². The minimum atomic E-state index is -0.378. The maximum atomic E-state index is 11.9. The second-order valence-electron chi connectivity index (χ2n) is 7.14. The number of nitrogens with one attached hydrogen (secondary N) is 4. The van der Waals surface area contributed by atoms with Crippen LogP contribution in [0.5, 0.6) is 0 Å². The first-order valence-corrected chi connectivity index (χ1v) is 10.2. The van der Waals surface area contributed by atoms with Gasteiger partial charge in [0.25, 0.3) is 0 Å². The molecule has 8 heteroatoms. The van der Waals surface area contributed by atoms with Gasteiger partial charge in [-0.15, -0.1) is 0 Å². The van der Waals surface area contributed by atoms with Gasteiger partial charge in [0.2, 0.25) is 5.91 Å². The van der Waals surface area contributed by atoms with E-state index in [0.717, 1.165) is 61.8 Å². The van der Waals surface area contributed by atoms with Crippen LogP contribution in [0.25, 0.3) is 11.6 Å². The number of pyridine rings is 1. The van der Waals surface area contributed by atoms with Crippen LogP contribution in [-0.2, 0) is 9.53 Å². The van der Waals surface area contributed by atoms with Crippen LogP contribution in [0.4, 0.5) is 0 Å². The third kappa shape index (κ3) is 6.08. The summed E-state index contributed by atoms with van der Waals surface area (Å²) in [6.45, 7) is 6.33. The lowest BCUT2D eigenvalue weighted by Gasteiger charge is -2.25. The van der Waals surface area contributed by atoms with Gasteiger partial charge in [-0.3, -0.25) is 9.78 Å². The second kappa shape index (κ2) is 11.2. The predicted octanol–water partition coefficient (Wildman–Crippen LogP) is -2.58. The Hall–Kier alpha value is -1.84. The molecule has 3 rings (SSSR count). The normalized spacial score (nSPS) is 25.6. The lowest BCUT2D eigenvalue weighted by Crippen LogP contribution is -2.47. The molecule has 1 aromatic heterocycles. The van der Waals surface area contributed by atoms with Gasteiger partial charge < -0.3 is 31.7 Å². The number of primary amides is 1. The van der Waals surface area contributed by atoms with Crippen molar-refractivity contribution in [3.8, 4) is 0 Å². The molecule has 154 valence electrons. The molecule has 2 atom stereocenters. The topological polar surface area (TPSA) is 113 Å². The second-order valence-corrected chi connectivity index (χ2v) is 7.14. The van der Waals surface area contributed by atoms with Crippen LogP contribution in [0.3, 0.4) is 0 Å². The third-order valence-electron chi connectivity index (χ3n) is 5.15. The molecule has 0 radical (unpaired) electrons. The molecule has 1 fully saturated rings. The maximum absolute atomic E-state index is 11.9. The lowest BCUT2D eigenvalue weighted by molar-refractivity contribution is -0.120. The van der Waals surface area contributed by atoms with Crippen LogP contribution in [0.15, 0.2) is 18.3 Å². The molecule has 1 aliphatic carbocycles. The van der Waals surface area contributed by atoms with E-state index in [1.54, 1.807) is 6.20 Å². The standard InChI is InChI=1S/C20H32N6O2/c21-20(27)18-5-7-22-8-9-23-10-11-24-12-13-28-19-4-3-17-15(2-1-6-25-17)16(19)14-26-18/h1-3,6,18-19,22-24,26H,4-5,7-14H2,(H2,21,27). The Morgan fingerprint density at radius 2 is 1.86 bits per heavy atom. The van der Waals surface area contributed by atoms with Gasteiger partial charge in [-0.1, -0.05) is 12.1 Å². The van der Waals surface area contributed by atoms with Crippen LogP contribution in [0, 0.1) is 0 Å². The van der Waals surface area contributed by atoms with Crippen molar-refractivity contribution >= 4 is 17.6 Å². The highest BCUT2D eigenvalue weighted by atomic mass is 16.5. The summed E-state index contributed by atoms with van der Waals surface area (Å²) >= 11 is 0. The Bertz CT molecular complexity index is 753. The van der Waals surface area contributed by atoms with Gasteiger partial charge in [0.1, 0.15) is 0 Å². The maximum Gasteiger partial charge on any atom is 0.234 e. The number of hydrogen-bond donors (Lipinski definition) is 5. The minimum Gasteiger partial charge on any atom is -0.372 e. The fourth-order valence-corrected chi connectivity index (χ4v) is 3.59. The largest absolute Gasteiger partial charge is 0.372 e. The van der Waals surface area contributed by atoms with E-state index in [1.165, 1.54) is 0 Å². The summed E-state index contributed by atoms with van der Waals surface area (Å²) in [7, 11) is 0. The molecule has 0 spiro atoms. The van der Waals surface area contributed by atoms with Crippen molar-refractivity contribution in [1.82, 2.24) is 26.3 Å². The highest BCUT2D eigenvalue weighted by Gasteiger charge is 2.21. The molecule has 1 aromatic rings. The van der Waals surface area contributed by atoms with Gasteiger partial charge in [0.05, 0.1) is 24.1 Å². The van der Waals surface area contributed by atoms with Gasteiger partial charge in [0.15, 0.2) is 0 Å². The summed E-state index contributed by atoms with van der Waals surface area (Å²) in [5.74, 6) is -0.325. The molecular formula is C20H32N6O2. The fourth-order valence-electron chi connectivity index (χ4n) is 3.59. The zero-order valence-electron chi connectivity index (χ0n) is 16.4. The average Bonchev–Trinajstić information content (AvgIpc) is 2.71. The average molecular weight is 389 g/mol. The van der Waals surface area contributed by atoms with Crippen molar-refractivity contribution < 1.29 is 9.53 Å². The summed E-state index contributed by atoms with van der Waals surface area (Å²) in [5, 5.41) is 15.6. The Morgan fingerprint density at radius 3 is 2.64 bits per heavy atom. The third-order valence-corrected chi connectivity index (χ3v) is 5.15. The Labute approximate surface area is 166 Å². The number of ether oxygens (including phenoxy) is 1. The number of amides is 1. The quantitative estimate of drug-likeness (QED) is 0.359. The molecule has 2 heterocycles. The number of rotatable bonds is 1. The first-order chi connectivity index (χ1) is 13.8. The number of fused-ring (bicyclic) bond motifs is 2. The molecule has 28 heavy (non-hydrogen) atoms. The van der Waals surface area contributed by atoms with Gasteiger partial charge in [-0.2, -0.15) is 0 Å². The van der Waals surface area contributed by atoms with E-state index in [0.29, 0.717) is 19.6 Å². The SMILES string of the molecule is NC(=O)C1CCNCCNCCNCCOC2CC=c3ncccc3=C2CN1. The van der Waals surface area contributed by atoms with Gasteiger partial charge >= 0.3 is 0 Å². The summed E-state index contributed by atoms with van der Waals surface area (Å²) < 4.78 is 6.18. The van der Waals surface area contributed by atoms with Crippen LogP contribution >= 0.6 is 0 Å². The number of nitrogens with two attached hydrogens (primary N) is 1. The van der Waals surface area contributed by atoms with E-state index in [-0.39, 0.29) is 18.1 Å². The molecule has 2 unspecified atom stereocenters. The highest BCUT2D eigenvalue weighted by Crippen LogP contribution is 2.13. The summed E-state index contributed by atoms with van der Waals surface area (Å²) in [4.78, 5) is 16.4. The van der Waals surface area contributed by atoms with Crippen molar-refractivity contribution in [3.05, 3.63) is 28.9 Å². The van der Waals surface area contributed by atoms with E-state index in [1.807, 2.05) is 6.07 Å². The van der Waals surface area contributed by atoms with E-state index in [9.17, 15) is 4.79 Å². The van der Waals surface area contributed by atoms with E-state index in [2.05, 4.69) is 38.4 Å². The monoisotopic (exact) mass is 388 g/mol. The molecule has 0 bridgehead atoms. The van der Waals surface area contributed by atoms with Crippen molar-refractivity contribution in [1.29, 1.82) is 0 Å². The van der Waals surface area contributed by atoms with Crippen LogP contribution in [0.1, 0.15) is 12.8 Å². The molecule has 0 aromatic carbocycles. The first-order valence-electron chi connectivity index (χ1n) is 10.2. The predicted molar refractivity (Wildman–Crippen MR) is 110 cm³/mol. The molecule has 8 nitrogen and oxygen atoms in total. The summed E-state index contributed by atoms with van der Waals surface area (Å²) in [6.07, 6.45) is 5.34. The Kier molecular flexibility index (Phi) is 8.38. The van der Waals surface area contributed by atoms with E-state index < -0.39 is 0 Å². The van der Waals surface area contributed by atoms with Gasteiger partial charge in [-0.25, -0.2) is 0 Å². The molecule has 1 amide bonds. The van der Waals surface area contributed by atoms with Crippen molar-refractivity contribution in [3.63, 3.8) is 0 Å². The molecule has 2 aliphatic rings. The number of hydrogen-bond acceptors (Lipinski definition) is 7. The Morgan fingerprint density at radius 1 is 1.11 bits per heavy atom. The zero-order valence-corrected chi connectivity index (χ0v) is 16.4. The number of carbonyl (C=O) groups is 1. The zero-order chi connectivity index (χ0) is 19.6.